The van der Waals surface area contributed by atoms with Gasteiger partial charge in [-0.05, 0) is 30.7 Å². The maximum absolute atomic E-state index is 2.36. The second-order valence-corrected chi connectivity index (χ2v) is 5.08. The summed E-state index contributed by atoms with van der Waals surface area (Å²) in [6.07, 6.45) is 3.78. The van der Waals surface area contributed by atoms with E-state index < -0.39 is 0 Å². The van der Waals surface area contributed by atoms with Crippen LogP contribution < -0.4 is 0 Å². The Bertz CT molecular complexity index is 267. The highest BCUT2D eigenvalue weighted by atomic mass is 14.2. The summed E-state index contributed by atoms with van der Waals surface area (Å²) >= 11 is 0. The molecule has 0 aliphatic heterocycles. The minimum absolute atomic E-state index is 0.448. The average molecular weight is 190 g/mol. The van der Waals surface area contributed by atoms with E-state index in [1.807, 2.05) is 0 Å². The monoisotopic (exact) mass is 190 g/mol. The lowest BCUT2D eigenvalue weighted by atomic mass is 9.82. The van der Waals surface area contributed by atoms with Crippen LogP contribution in [-0.2, 0) is 6.42 Å². The Labute approximate surface area is 88.4 Å². The summed E-state index contributed by atoms with van der Waals surface area (Å²) in [6.45, 7) is 9.12. The number of hydrogen-bond donors (Lipinski definition) is 0. The van der Waals surface area contributed by atoms with Crippen molar-refractivity contribution in [3.05, 3.63) is 35.4 Å². The van der Waals surface area contributed by atoms with Gasteiger partial charge in [0.25, 0.3) is 0 Å². The largest absolute Gasteiger partial charge is 0.0654 e. The van der Waals surface area contributed by atoms with Crippen LogP contribution in [0.4, 0.5) is 0 Å². The zero-order chi connectivity index (χ0) is 10.6. The molecule has 78 valence electrons. The first-order valence-electron chi connectivity index (χ1n) is 5.59. The Morgan fingerprint density at radius 3 is 2.14 bits per heavy atom. The molecule has 0 bridgehead atoms. The molecule has 0 spiro atoms. The highest BCUT2D eigenvalue weighted by Crippen LogP contribution is 2.27. The van der Waals surface area contributed by atoms with Crippen LogP contribution in [0.2, 0.25) is 0 Å². The molecule has 0 unspecified atom stereocenters. The van der Waals surface area contributed by atoms with Crippen molar-refractivity contribution in [1.29, 1.82) is 0 Å². The summed E-state index contributed by atoms with van der Waals surface area (Å²) in [5.74, 6) is 0. The molecule has 0 aromatic heterocycles. The number of hydrogen-bond acceptors (Lipinski definition) is 0. The Hall–Kier alpha value is -0.780. The van der Waals surface area contributed by atoms with Gasteiger partial charge >= 0.3 is 0 Å². The molecule has 0 radical (unpaired) electrons. The van der Waals surface area contributed by atoms with Gasteiger partial charge in [-0.2, -0.15) is 0 Å². The van der Waals surface area contributed by atoms with Crippen LogP contribution in [0, 0.1) is 12.3 Å². The Morgan fingerprint density at radius 1 is 1.07 bits per heavy atom. The summed E-state index contributed by atoms with van der Waals surface area (Å²) in [6, 6.07) is 8.92. The van der Waals surface area contributed by atoms with Gasteiger partial charge in [-0.3, -0.25) is 0 Å². The van der Waals surface area contributed by atoms with Crippen molar-refractivity contribution >= 4 is 0 Å². The van der Waals surface area contributed by atoms with Gasteiger partial charge in [0.1, 0.15) is 0 Å². The van der Waals surface area contributed by atoms with Crippen LogP contribution in [0.3, 0.4) is 0 Å². The molecule has 1 aromatic rings. The van der Waals surface area contributed by atoms with E-state index in [9.17, 15) is 0 Å². The molecule has 0 fully saturated rings. The van der Waals surface area contributed by atoms with Crippen LogP contribution in [0.1, 0.15) is 44.7 Å². The molecule has 0 heteroatoms. The van der Waals surface area contributed by atoms with E-state index >= 15 is 0 Å². The van der Waals surface area contributed by atoms with E-state index in [4.69, 9.17) is 0 Å². The van der Waals surface area contributed by atoms with Gasteiger partial charge in [-0.15, -0.1) is 0 Å². The lowest BCUT2D eigenvalue weighted by Gasteiger charge is -2.24. The molecule has 0 saturated carbocycles. The zero-order valence-corrected chi connectivity index (χ0v) is 9.93. The van der Waals surface area contributed by atoms with Gasteiger partial charge in [0, 0.05) is 0 Å². The summed E-state index contributed by atoms with van der Waals surface area (Å²) in [4.78, 5) is 0. The minimum atomic E-state index is 0.448. The molecule has 0 saturated heterocycles. The first kappa shape index (κ1) is 11.3. The molecule has 0 heterocycles. The average Bonchev–Trinajstić information content (AvgIpc) is 2.08. The lowest BCUT2D eigenvalue weighted by Crippen LogP contribution is -2.14. The molecule has 0 aliphatic rings. The number of aryl methyl sites for hydroxylation is 1. The smallest absolute Gasteiger partial charge is 0.0227 e. The quantitative estimate of drug-likeness (QED) is 0.661. The van der Waals surface area contributed by atoms with Gasteiger partial charge in [0.15, 0.2) is 0 Å². The van der Waals surface area contributed by atoms with E-state index in [0.29, 0.717) is 5.41 Å². The second-order valence-electron chi connectivity index (χ2n) is 5.08. The molecule has 0 N–H and O–H groups in total. The van der Waals surface area contributed by atoms with Crippen molar-refractivity contribution in [2.45, 2.75) is 47.0 Å². The predicted octanol–water partition coefficient (Wildman–Crippen LogP) is 4.36. The van der Waals surface area contributed by atoms with Crippen molar-refractivity contribution < 1.29 is 0 Å². The van der Waals surface area contributed by atoms with Crippen molar-refractivity contribution in [3.63, 3.8) is 0 Å². The third kappa shape index (κ3) is 3.53. The fraction of sp³-hybridized carbons (Fsp3) is 0.571. The van der Waals surface area contributed by atoms with Crippen molar-refractivity contribution in [2.24, 2.45) is 5.41 Å². The fourth-order valence-corrected chi connectivity index (χ4v) is 2.02. The van der Waals surface area contributed by atoms with Crippen LogP contribution in [-0.4, -0.2) is 0 Å². The van der Waals surface area contributed by atoms with Crippen LogP contribution >= 0.6 is 0 Å². The number of benzene rings is 1. The molecule has 14 heavy (non-hydrogen) atoms. The normalized spacial score (nSPS) is 11.7. The van der Waals surface area contributed by atoms with Gasteiger partial charge in [-0.1, -0.05) is 57.0 Å². The van der Waals surface area contributed by atoms with Gasteiger partial charge in [-0.25, -0.2) is 0 Å². The van der Waals surface area contributed by atoms with Crippen LogP contribution in [0.5, 0.6) is 0 Å². The Morgan fingerprint density at radius 2 is 1.64 bits per heavy atom. The van der Waals surface area contributed by atoms with Gasteiger partial charge < -0.3 is 0 Å². The summed E-state index contributed by atoms with van der Waals surface area (Å²) < 4.78 is 0. The highest BCUT2D eigenvalue weighted by Gasteiger charge is 2.16. The second kappa shape index (κ2) is 4.63. The van der Waals surface area contributed by atoms with E-state index in [0.717, 1.165) is 0 Å². The van der Waals surface area contributed by atoms with E-state index in [2.05, 4.69) is 52.0 Å². The SMILES string of the molecule is CCCC(C)(C)Cc1ccc(C)cc1. The molecular weight excluding hydrogens is 168 g/mol. The zero-order valence-electron chi connectivity index (χ0n) is 9.93. The topological polar surface area (TPSA) is 0 Å². The molecule has 0 aliphatic carbocycles. The minimum Gasteiger partial charge on any atom is -0.0654 e. The van der Waals surface area contributed by atoms with E-state index in [-0.39, 0.29) is 0 Å². The first-order valence-corrected chi connectivity index (χ1v) is 5.59. The lowest BCUT2D eigenvalue weighted by molar-refractivity contribution is 0.329. The van der Waals surface area contributed by atoms with Crippen molar-refractivity contribution in [1.82, 2.24) is 0 Å². The molecule has 0 nitrogen and oxygen atoms in total. The summed E-state index contributed by atoms with van der Waals surface area (Å²) in [5.41, 5.74) is 3.26. The van der Waals surface area contributed by atoms with Crippen LogP contribution in [0.25, 0.3) is 0 Å². The third-order valence-electron chi connectivity index (χ3n) is 2.73. The maximum Gasteiger partial charge on any atom is -0.0227 e. The Kier molecular flexibility index (Phi) is 3.74. The van der Waals surface area contributed by atoms with Crippen molar-refractivity contribution in [2.75, 3.05) is 0 Å². The molecular formula is C14H22. The molecule has 1 aromatic carbocycles. The van der Waals surface area contributed by atoms with Crippen LogP contribution in [0.15, 0.2) is 24.3 Å². The molecule has 0 amide bonds. The highest BCUT2D eigenvalue weighted by molar-refractivity contribution is 5.22. The standard InChI is InChI=1S/C14H22/c1-5-10-14(3,4)11-13-8-6-12(2)7-9-13/h6-9H,5,10-11H2,1-4H3. The van der Waals surface area contributed by atoms with Crippen molar-refractivity contribution in [3.8, 4) is 0 Å². The predicted molar refractivity (Wildman–Crippen MR) is 63.6 cm³/mol. The Balaban J connectivity index is 2.64. The molecule has 0 atom stereocenters. The van der Waals surface area contributed by atoms with E-state index in [1.165, 1.54) is 30.4 Å². The summed E-state index contributed by atoms with van der Waals surface area (Å²) in [7, 11) is 0. The van der Waals surface area contributed by atoms with Gasteiger partial charge in [0.2, 0.25) is 0 Å². The third-order valence-corrected chi connectivity index (χ3v) is 2.73. The summed E-state index contributed by atoms with van der Waals surface area (Å²) in [5, 5.41) is 0. The number of rotatable bonds is 4. The van der Waals surface area contributed by atoms with Gasteiger partial charge in [0.05, 0.1) is 0 Å². The molecule has 1 rings (SSSR count). The fourth-order valence-electron chi connectivity index (χ4n) is 2.02. The maximum atomic E-state index is 2.36. The first-order chi connectivity index (χ1) is 6.53. The van der Waals surface area contributed by atoms with E-state index in [1.54, 1.807) is 0 Å².